The number of furan rings is 1. The van der Waals surface area contributed by atoms with E-state index in [0.29, 0.717) is 33.6 Å². The minimum absolute atomic E-state index is 0.242. The van der Waals surface area contributed by atoms with Gasteiger partial charge < -0.3 is 9.40 Å². The number of aromatic amines is 1. The highest BCUT2D eigenvalue weighted by molar-refractivity contribution is 7.98. The maximum atomic E-state index is 12.4. The molecule has 0 saturated carbocycles. The minimum atomic E-state index is -0.289. The van der Waals surface area contributed by atoms with Gasteiger partial charge in [0.1, 0.15) is 16.9 Å². The fourth-order valence-electron chi connectivity index (χ4n) is 3.06. The molecule has 0 aliphatic rings. The number of nitrogens with zero attached hydrogens (tertiary/aromatic N) is 5. The van der Waals surface area contributed by atoms with Crippen molar-refractivity contribution in [2.75, 3.05) is 0 Å². The van der Waals surface area contributed by atoms with Gasteiger partial charge in [-0.2, -0.15) is 4.98 Å². The van der Waals surface area contributed by atoms with Gasteiger partial charge in [0.25, 0.3) is 11.3 Å². The van der Waals surface area contributed by atoms with Gasteiger partial charge in [0.05, 0.1) is 5.75 Å². The summed E-state index contributed by atoms with van der Waals surface area (Å²) in [6.45, 7) is 3.88. The average molecular weight is 378 g/mol. The Balaban J connectivity index is 1.50. The van der Waals surface area contributed by atoms with Crippen molar-refractivity contribution in [3.63, 3.8) is 0 Å². The number of aromatic nitrogens is 6. The molecule has 0 aliphatic heterocycles. The van der Waals surface area contributed by atoms with E-state index in [1.165, 1.54) is 11.8 Å². The van der Waals surface area contributed by atoms with Crippen molar-refractivity contribution in [1.29, 1.82) is 0 Å². The van der Waals surface area contributed by atoms with Crippen LogP contribution in [0.5, 0.6) is 0 Å². The van der Waals surface area contributed by atoms with Crippen molar-refractivity contribution in [2.45, 2.75) is 24.8 Å². The predicted octanol–water partition coefficient (Wildman–Crippen LogP) is 3.02. The monoisotopic (exact) mass is 378 g/mol. The molecule has 0 spiro atoms. The van der Waals surface area contributed by atoms with Crippen LogP contribution in [0.4, 0.5) is 0 Å². The van der Waals surface area contributed by atoms with E-state index in [1.54, 1.807) is 4.52 Å². The van der Waals surface area contributed by atoms with Gasteiger partial charge in [-0.15, -0.1) is 5.10 Å². The first-order valence-corrected chi connectivity index (χ1v) is 9.31. The van der Waals surface area contributed by atoms with Crippen LogP contribution in [0.25, 0.3) is 27.8 Å². The summed E-state index contributed by atoms with van der Waals surface area (Å²) in [5, 5.41) is 5.87. The van der Waals surface area contributed by atoms with E-state index in [1.807, 2.05) is 44.2 Å². The molecule has 134 valence electrons. The Kier molecular flexibility index (Phi) is 3.51. The summed E-state index contributed by atoms with van der Waals surface area (Å²) in [4.78, 5) is 28.5. The van der Waals surface area contributed by atoms with E-state index >= 15 is 0 Å². The SMILES string of the molecule is Cc1cc(C)n2nc(SCc3nc4c(oc5ccccc54)c(=O)[nH]3)nc2n1. The standard InChI is InChI=1S/C18H14N6O2S/c1-9-7-10(2)24-17(19-9)22-18(23-24)27-8-13-20-14-11-5-3-4-6-12(11)26-15(14)16(25)21-13/h3-7H,8H2,1-2H3,(H,20,21,25). The Hall–Kier alpha value is -3.20. The number of thioether (sulfide) groups is 1. The lowest BCUT2D eigenvalue weighted by atomic mass is 10.2. The number of nitrogens with one attached hydrogen (secondary N) is 1. The van der Waals surface area contributed by atoms with E-state index in [0.717, 1.165) is 16.8 Å². The van der Waals surface area contributed by atoms with Crippen molar-refractivity contribution in [3.05, 3.63) is 57.9 Å². The molecule has 4 aromatic heterocycles. The van der Waals surface area contributed by atoms with E-state index in [4.69, 9.17) is 4.42 Å². The number of fused-ring (bicyclic) bond motifs is 4. The molecule has 5 aromatic rings. The molecule has 0 aliphatic carbocycles. The molecule has 8 nitrogen and oxygen atoms in total. The maximum Gasteiger partial charge on any atom is 0.294 e. The van der Waals surface area contributed by atoms with Gasteiger partial charge in [-0.1, -0.05) is 23.9 Å². The number of hydrogen-bond donors (Lipinski definition) is 1. The third-order valence-corrected chi connectivity index (χ3v) is 5.07. The van der Waals surface area contributed by atoms with Gasteiger partial charge in [-0.05, 0) is 32.0 Å². The first kappa shape index (κ1) is 16.0. The average Bonchev–Trinajstić information content (AvgIpc) is 3.22. The van der Waals surface area contributed by atoms with Crippen molar-refractivity contribution < 1.29 is 4.42 Å². The Morgan fingerprint density at radius 3 is 2.93 bits per heavy atom. The van der Waals surface area contributed by atoms with Crippen LogP contribution in [0, 0.1) is 13.8 Å². The van der Waals surface area contributed by atoms with E-state index in [-0.39, 0.29) is 11.1 Å². The molecule has 0 radical (unpaired) electrons. The number of benzene rings is 1. The van der Waals surface area contributed by atoms with Crippen LogP contribution in [0.2, 0.25) is 0 Å². The normalized spacial score (nSPS) is 11.8. The smallest absolute Gasteiger partial charge is 0.294 e. The summed E-state index contributed by atoms with van der Waals surface area (Å²) in [7, 11) is 0. The van der Waals surface area contributed by atoms with Crippen LogP contribution in [-0.4, -0.2) is 29.5 Å². The number of hydrogen-bond acceptors (Lipinski definition) is 7. The Labute approximate surface area is 156 Å². The highest BCUT2D eigenvalue weighted by Gasteiger charge is 2.14. The fraction of sp³-hybridized carbons (Fsp3) is 0.167. The van der Waals surface area contributed by atoms with E-state index < -0.39 is 0 Å². The lowest BCUT2D eigenvalue weighted by Crippen LogP contribution is -2.10. The zero-order valence-corrected chi connectivity index (χ0v) is 15.4. The zero-order chi connectivity index (χ0) is 18.5. The molecular weight excluding hydrogens is 364 g/mol. The molecule has 4 heterocycles. The quantitative estimate of drug-likeness (QED) is 0.481. The number of aryl methyl sites for hydroxylation is 2. The second-order valence-corrected chi connectivity index (χ2v) is 7.16. The van der Waals surface area contributed by atoms with Crippen molar-refractivity contribution in [3.8, 4) is 0 Å². The summed E-state index contributed by atoms with van der Waals surface area (Å²) in [6, 6.07) is 9.43. The highest BCUT2D eigenvalue weighted by Crippen LogP contribution is 2.25. The van der Waals surface area contributed by atoms with Crippen molar-refractivity contribution >= 4 is 39.6 Å². The molecule has 5 rings (SSSR count). The molecular formula is C18H14N6O2S. The number of H-pyrrole nitrogens is 1. The zero-order valence-electron chi connectivity index (χ0n) is 14.6. The lowest BCUT2D eigenvalue weighted by Gasteiger charge is -1.98. The second kappa shape index (κ2) is 5.92. The lowest BCUT2D eigenvalue weighted by molar-refractivity contribution is 0.660. The van der Waals surface area contributed by atoms with Gasteiger partial charge in [0.15, 0.2) is 0 Å². The van der Waals surface area contributed by atoms with Crippen LogP contribution < -0.4 is 5.56 Å². The summed E-state index contributed by atoms with van der Waals surface area (Å²) < 4.78 is 7.32. The molecule has 1 aromatic carbocycles. The van der Waals surface area contributed by atoms with E-state index in [2.05, 4.69) is 25.0 Å². The molecule has 27 heavy (non-hydrogen) atoms. The molecule has 0 unspecified atom stereocenters. The Morgan fingerprint density at radius 2 is 2.04 bits per heavy atom. The third-order valence-electron chi connectivity index (χ3n) is 4.22. The Morgan fingerprint density at radius 1 is 1.19 bits per heavy atom. The predicted molar refractivity (Wildman–Crippen MR) is 102 cm³/mol. The highest BCUT2D eigenvalue weighted by atomic mass is 32.2. The van der Waals surface area contributed by atoms with Gasteiger partial charge in [0, 0.05) is 16.8 Å². The Bertz CT molecular complexity index is 1380. The number of rotatable bonds is 3. The largest absolute Gasteiger partial charge is 0.449 e. The third kappa shape index (κ3) is 2.67. The van der Waals surface area contributed by atoms with Crippen molar-refractivity contribution in [1.82, 2.24) is 29.5 Å². The molecule has 9 heteroatoms. The minimum Gasteiger partial charge on any atom is -0.449 e. The first-order chi connectivity index (χ1) is 13.1. The molecule has 0 atom stereocenters. The molecule has 0 bridgehead atoms. The second-order valence-electron chi connectivity index (χ2n) is 6.22. The molecule has 0 fully saturated rings. The molecule has 0 amide bonds. The van der Waals surface area contributed by atoms with Crippen molar-refractivity contribution in [2.24, 2.45) is 0 Å². The first-order valence-electron chi connectivity index (χ1n) is 8.33. The van der Waals surface area contributed by atoms with Crippen LogP contribution >= 0.6 is 11.8 Å². The summed E-state index contributed by atoms with van der Waals surface area (Å²) in [5.74, 6) is 1.54. The summed E-state index contributed by atoms with van der Waals surface area (Å²) >= 11 is 1.39. The van der Waals surface area contributed by atoms with Crippen LogP contribution in [0.3, 0.4) is 0 Å². The van der Waals surface area contributed by atoms with Crippen LogP contribution in [0.15, 0.2) is 44.7 Å². The van der Waals surface area contributed by atoms with Gasteiger partial charge in [-0.25, -0.2) is 14.5 Å². The summed E-state index contributed by atoms with van der Waals surface area (Å²) in [5.41, 5.74) is 3.03. The van der Waals surface area contributed by atoms with Crippen LogP contribution in [0.1, 0.15) is 17.2 Å². The van der Waals surface area contributed by atoms with E-state index in [9.17, 15) is 4.79 Å². The number of para-hydroxylation sites is 1. The molecule has 1 N–H and O–H groups in total. The fourth-order valence-corrected chi connectivity index (χ4v) is 3.75. The summed E-state index contributed by atoms with van der Waals surface area (Å²) in [6.07, 6.45) is 0. The molecule has 0 saturated heterocycles. The van der Waals surface area contributed by atoms with Gasteiger partial charge in [0.2, 0.25) is 10.7 Å². The maximum absolute atomic E-state index is 12.4. The van der Waals surface area contributed by atoms with Crippen LogP contribution in [-0.2, 0) is 5.75 Å². The topological polar surface area (TPSA) is 102 Å². The van der Waals surface area contributed by atoms with Gasteiger partial charge >= 0.3 is 0 Å². The van der Waals surface area contributed by atoms with Gasteiger partial charge in [-0.3, -0.25) is 4.79 Å².